The zero-order valence-electron chi connectivity index (χ0n) is 43.8. The van der Waals surface area contributed by atoms with Crippen LogP contribution in [0.5, 0.6) is 0 Å². The summed E-state index contributed by atoms with van der Waals surface area (Å²) in [6, 6.07) is 0. The van der Waals surface area contributed by atoms with Gasteiger partial charge in [0.1, 0.15) is 13.2 Å². The first-order chi connectivity index (χ1) is 33.8. The van der Waals surface area contributed by atoms with Crippen molar-refractivity contribution >= 4 is 17.9 Å². The highest BCUT2D eigenvalue weighted by atomic mass is 16.6. The fourth-order valence-corrected chi connectivity index (χ4v) is 10.6. The summed E-state index contributed by atoms with van der Waals surface area (Å²) < 4.78 is 51.8. The Balaban J connectivity index is 0.759. The van der Waals surface area contributed by atoms with Gasteiger partial charge in [-0.25, -0.2) is 0 Å². The van der Waals surface area contributed by atoms with E-state index in [0.29, 0.717) is 92.5 Å². The molecule has 13 unspecified atom stereocenters. The quantitative estimate of drug-likeness (QED) is 0.0247. The Morgan fingerprint density at radius 3 is 1.07 bits per heavy atom. The van der Waals surface area contributed by atoms with Crippen LogP contribution in [0, 0.1) is 0 Å². The highest BCUT2D eigenvalue weighted by molar-refractivity contribution is 5.71. The van der Waals surface area contributed by atoms with Crippen LogP contribution in [-0.2, 0) is 57.0 Å². The molecule has 0 saturated carbocycles. The number of carbonyl (C=O) groups is 3. The molecule has 0 aromatic heterocycles. The zero-order valence-corrected chi connectivity index (χ0v) is 43.8. The first-order valence-corrected chi connectivity index (χ1v) is 29.2. The number of carbonyl (C=O) groups excluding carboxylic acids is 3. The molecule has 0 N–H and O–H groups in total. The molecule has 6 heterocycles. The Kier molecular flexibility index (Phi) is 26.5. The molecule has 0 radical (unpaired) electrons. The first kappa shape index (κ1) is 56.5. The normalized spacial score (nSPS) is 29.6. The molecule has 398 valence electrons. The van der Waals surface area contributed by atoms with Crippen LogP contribution >= 0.6 is 0 Å². The molecule has 0 spiro atoms. The lowest BCUT2D eigenvalue weighted by molar-refractivity contribution is -0.167. The lowest BCUT2D eigenvalue weighted by atomic mass is 10.0. The minimum absolute atomic E-state index is 0.106. The molecule has 0 amide bonds. The maximum absolute atomic E-state index is 12.9. The van der Waals surface area contributed by atoms with Crippen LogP contribution < -0.4 is 0 Å². The molecule has 0 aromatic rings. The molecule has 69 heavy (non-hydrogen) atoms. The fourth-order valence-electron chi connectivity index (χ4n) is 10.6. The Morgan fingerprint density at radius 2 is 0.652 bits per heavy atom. The van der Waals surface area contributed by atoms with E-state index < -0.39 is 6.10 Å². The summed E-state index contributed by atoms with van der Waals surface area (Å²) in [6.07, 6.45) is 42.2. The molecular weight excluding hydrogens is 877 g/mol. The van der Waals surface area contributed by atoms with E-state index >= 15 is 0 Å². The maximum atomic E-state index is 12.9. The van der Waals surface area contributed by atoms with Gasteiger partial charge in [0, 0.05) is 25.7 Å². The van der Waals surface area contributed by atoms with E-state index in [1.54, 1.807) is 0 Å². The molecule has 0 aromatic carbocycles. The number of hydrogen-bond acceptors (Lipinski definition) is 12. The predicted octanol–water partition coefficient (Wildman–Crippen LogP) is 12.7. The summed E-state index contributed by atoms with van der Waals surface area (Å²) in [5.74, 6) is -0.958. The fraction of sp³-hybridized carbons (Fsp3) is 0.947. The molecule has 6 rings (SSSR count). The van der Waals surface area contributed by atoms with Gasteiger partial charge in [-0.1, -0.05) is 142 Å². The van der Waals surface area contributed by atoms with Gasteiger partial charge in [-0.15, -0.1) is 0 Å². The molecule has 12 heteroatoms. The second-order valence-electron chi connectivity index (χ2n) is 21.9. The number of epoxide rings is 6. The standard InChI is InChI=1S/C57H98O12/c1-4-6-8-9-13-20-28-46-47(65-46)29-21-15-12-19-26-34-57(60)64-43(40-61-55(58)32-24-17-10-14-22-30-48-51(67-48)38-37-50-45(66-50)27-7-5-2)41-62-56(59)33-25-18-11-16-23-31-49-53(68-49)39-54-52(69-54)36-35-44-42(3)63-44/h42-54H,4-41H2,1-3H3. The third kappa shape index (κ3) is 25.1. The summed E-state index contributed by atoms with van der Waals surface area (Å²) in [6.45, 7) is 6.41. The lowest BCUT2D eigenvalue weighted by Gasteiger charge is -2.18. The first-order valence-electron chi connectivity index (χ1n) is 29.2. The van der Waals surface area contributed by atoms with Crippen molar-refractivity contribution in [1.82, 2.24) is 0 Å². The van der Waals surface area contributed by atoms with E-state index in [1.807, 2.05) is 0 Å². The van der Waals surface area contributed by atoms with Crippen molar-refractivity contribution in [2.24, 2.45) is 0 Å². The van der Waals surface area contributed by atoms with Crippen LogP contribution in [0.3, 0.4) is 0 Å². The minimum atomic E-state index is -0.812. The van der Waals surface area contributed by atoms with Crippen LogP contribution in [0.1, 0.15) is 252 Å². The second-order valence-corrected chi connectivity index (χ2v) is 21.9. The molecular formula is C57H98O12. The molecule has 12 nitrogen and oxygen atoms in total. The number of rotatable bonds is 47. The second kappa shape index (κ2) is 32.4. The number of hydrogen-bond donors (Lipinski definition) is 0. The van der Waals surface area contributed by atoms with Crippen molar-refractivity contribution in [3.8, 4) is 0 Å². The Bertz CT molecular complexity index is 1430. The molecule has 6 fully saturated rings. The smallest absolute Gasteiger partial charge is 0.306 e. The lowest BCUT2D eigenvalue weighted by Crippen LogP contribution is -2.30. The number of esters is 3. The van der Waals surface area contributed by atoms with Gasteiger partial charge < -0.3 is 42.6 Å². The van der Waals surface area contributed by atoms with Crippen LogP contribution in [0.25, 0.3) is 0 Å². The van der Waals surface area contributed by atoms with Gasteiger partial charge >= 0.3 is 17.9 Å². The van der Waals surface area contributed by atoms with Crippen molar-refractivity contribution in [3.05, 3.63) is 0 Å². The summed E-state index contributed by atoms with van der Waals surface area (Å²) in [4.78, 5) is 38.4. The van der Waals surface area contributed by atoms with E-state index in [2.05, 4.69) is 20.8 Å². The van der Waals surface area contributed by atoms with Crippen LogP contribution in [0.2, 0.25) is 0 Å². The van der Waals surface area contributed by atoms with Crippen molar-refractivity contribution in [3.63, 3.8) is 0 Å². The SMILES string of the molecule is CCCCCCCCC1OC1CCCCCCCC(=O)OC(COC(=O)CCCCCCCC1OC1CCC1OC1CCCC)COC(=O)CCCCCCCC1OC1CC1OC1CCC1OC1C. The zero-order chi connectivity index (χ0) is 48.5. The monoisotopic (exact) mass is 975 g/mol. The summed E-state index contributed by atoms with van der Waals surface area (Å²) in [5, 5.41) is 0. The van der Waals surface area contributed by atoms with Crippen molar-refractivity contribution < 1.29 is 57.0 Å². The van der Waals surface area contributed by atoms with Crippen molar-refractivity contribution in [1.29, 1.82) is 0 Å². The van der Waals surface area contributed by atoms with Crippen molar-refractivity contribution in [2.75, 3.05) is 13.2 Å². The van der Waals surface area contributed by atoms with Crippen LogP contribution in [-0.4, -0.2) is 110 Å². The van der Waals surface area contributed by atoms with Gasteiger partial charge in [-0.05, 0) is 84.0 Å². The third-order valence-electron chi connectivity index (χ3n) is 15.7. The number of ether oxygens (including phenoxy) is 9. The summed E-state index contributed by atoms with van der Waals surface area (Å²) in [7, 11) is 0. The molecule has 6 saturated heterocycles. The van der Waals surface area contributed by atoms with E-state index in [4.69, 9.17) is 42.6 Å². The Hall–Kier alpha value is -1.83. The van der Waals surface area contributed by atoms with Gasteiger partial charge in [-0.2, -0.15) is 0 Å². The molecule has 6 aliphatic heterocycles. The van der Waals surface area contributed by atoms with Crippen LogP contribution in [0.4, 0.5) is 0 Å². The van der Waals surface area contributed by atoms with Gasteiger partial charge in [0.05, 0.1) is 73.2 Å². The van der Waals surface area contributed by atoms with Crippen LogP contribution in [0.15, 0.2) is 0 Å². The molecule has 0 bridgehead atoms. The van der Waals surface area contributed by atoms with Gasteiger partial charge in [0.25, 0.3) is 0 Å². The van der Waals surface area contributed by atoms with E-state index in [1.165, 1.54) is 70.6 Å². The van der Waals surface area contributed by atoms with E-state index in [0.717, 1.165) is 141 Å². The number of unbranched alkanes of at least 4 members (excludes halogenated alkanes) is 18. The topological polar surface area (TPSA) is 154 Å². The molecule has 0 aliphatic carbocycles. The average molecular weight is 975 g/mol. The average Bonchev–Trinajstić information content (AvgIpc) is 4.08. The minimum Gasteiger partial charge on any atom is -0.462 e. The Labute approximate surface area is 418 Å². The van der Waals surface area contributed by atoms with Gasteiger partial charge in [0.15, 0.2) is 6.10 Å². The largest absolute Gasteiger partial charge is 0.462 e. The Morgan fingerprint density at radius 1 is 0.348 bits per heavy atom. The van der Waals surface area contributed by atoms with Gasteiger partial charge in [-0.3, -0.25) is 14.4 Å². The molecule has 6 aliphatic rings. The summed E-state index contributed by atoms with van der Waals surface area (Å²) >= 11 is 0. The third-order valence-corrected chi connectivity index (χ3v) is 15.7. The maximum Gasteiger partial charge on any atom is 0.306 e. The predicted molar refractivity (Wildman–Crippen MR) is 267 cm³/mol. The van der Waals surface area contributed by atoms with E-state index in [-0.39, 0.29) is 31.1 Å². The van der Waals surface area contributed by atoms with E-state index in [9.17, 15) is 14.4 Å². The summed E-state index contributed by atoms with van der Waals surface area (Å²) in [5.41, 5.74) is 0. The highest BCUT2D eigenvalue weighted by Gasteiger charge is 2.48. The van der Waals surface area contributed by atoms with Crippen molar-refractivity contribution in [2.45, 2.75) is 331 Å². The molecule has 13 atom stereocenters. The van der Waals surface area contributed by atoms with Gasteiger partial charge in [0.2, 0.25) is 0 Å². The highest BCUT2D eigenvalue weighted by Crippen LogP contribution is 2.41.